The van der Waals surface area contributed by atoms with Crippen LogP contribution in [0.4, 0.5) is 0 Å². The minimum atomic E-state index is 0.452. The Morgan fingerprint density at radius 3 is 2.62 bits per heavy atom. The summed E-state index contributed by atoms with van der Waals surface area (Å²) in [5.74, 6) is 2.07. The van der Waals surface area contributed by atoms with Crippen molar-refractivity contribution in [1.29, 1.82) is 0 Å². The zero-order valence-corrected chi connectivity index (χ0v) is 13.1. The van der Waals surface area contributed by atoms with E-state index in [4.69, 9.17) is 9.26 Å². The number of ether oxygens (including phenoxy) is 1. The fourth-order valence-corrected chi connectivity index (χ4v) is 3.69. The number of likely N-dealkylation sites (tertiary alicyclic amines) is 1. The molecule has 0 aromatic carbocycles. The number of hydrogen-bond donors (Lipinski definition) is 0. The molecule has 21 heavy (non-hydrogen) atoms. The first kappa shape index (κ1) is 15.0. The van der Waals surface area contributed by atoms with Crippen molar-refractivity contribution in [3.63, 3.8) is 0 Å². The molecule has 118 valence electrons. The van der Waals surface area contributed by atoms with Crippen LogP contribution in [0.25, 0.3) is 0 Å². The van der Waals surface area contributed by atoms with Gasteiger partial charge < -0.3 is 14.2 Å². The molecule has 3 rings (SSSR count). The van der Waals surface area contributed by atoms with Gasteiger partial charge in [0.15, 0.2) is 5.82 Å². The van der Waals surface area contributed by atoms with Crippen LogP contribution in [0.5, 0.6) is 0 Å². The standard InChI is InChI=1S/C16H27N3O2/c1-20-12-9-15-17-16(21-18-15)13-7-10-19(11-8-13)14-5-3-2-4-6-14/h13-14H,2-12H2,1H3. The van der Waals surface area contributed by atoms with Gasteiger partial charge in [0.1, 0.15) is 0 Å². The number of hydrogen-bond acceptors (Lipinski definition) is 5. The van der Waals surface area contributed by atoms with Gasteiger partial charge in [0.2, 0.25) is 5.89 Å². The van der Waals surface area contributed by atoms with Crippen LogP contribution < -0.4 is 0 Å². The van der Waals surface area contributed by atoms with E-state index in [1.54, 1.807) is 7.11 Å². The summed E-state index contributed by atoms with van der Waals surface area (Å²) in [4.78, 5) is 7.23. The zero-order chi connectivity index (χ0) is 14.5. The van der Waals surface area contributed by atoms with Crippen molar-refractivity contribution in [2.75, 3.05) is 26.8 Å². The van der Waals surface area contributed by atoms with E-state index in [0.717, 1.165) is 37.0 Å². The van der Waals surface area contributed by atoms with Gasteiger partial charge in [-0.3, -0.25) is 0 Å². The third-order valence-electron chi connectivity index (χ3n) is 4.98. The molecule has 1 aliphatic carbocycles. The monoisotopic (exact) mass is 293 g/mol. The van der Waals surface area contributed by atoms with E-state index < -0.39 is 0 Å². The fraction of sp³-hybridized carbons (Fsp3) is 0.875. The minimum absolute atomic E-state index is 0.452. The molecular formula is C16H27N3O2. The highest BCUT2D eigenvalue weighted by molar-refractivity contribution is 4.97. The molecule has 5 nitrogen and oxygen atoms in total. The van der Waals surface area contributed by atoms with E-state index in [1.165, 1.54) is 45.2 Å². The van der Waals surface area contributed by atoms with Gasteiger partial charge in [0.05, 0.1) is 6.61 Å². The average molecular weight is 293 g/mol. The Hall–Kier alpha value is -0.940. The van der Waals surface area contributed by atoms with Crippen LogP contribution >= 0.6 is 0 Å². The van der Waals surface area contributed by atoms with E-state index in [-0.39, 0.29) is 0 Å². The summed E-state index contributed by atoms with van der Waals surface area (Å²) < 4.78 is 10.5. The molecule has 2 heterocycles. The molecule has 0 N–H and O–H groups in total. The van der Waals surface area contributed by atoms with Crippen LogP contribution in [0, 0.1) is 0 Å². The average Bonchev–Trinajstić information content (AvgIpc) is 3.03. The SMILES string of the molecule is COCCc1noc(C2CCN(C3CCCCC3)CC2)n1. The first-order valence-corrected chi connectivity index (χ1v) is 8.42. The molecule has 0 spiro atoms. The Labute approximate surface area is 127 Å². The lowest BCUT2D eigenvalue weighted by Crippen LogP contribution is -2.41. The molecule has 5 heteroatoms. The fourth-order valence-electron chi connectivity index (χ4n) is 3.69. The van der Waals surface area contributed by atoms with Crippen LogP contribution in [-0.2, 0) is 11.2 Å². The van der Waals surface area contributed by atoms with Crippen LogP contribution in [0.3, 0.4) is 0 Å². The summed E-state index contributed by atoms with van der Waals surface area (Å²) >= 11 is 0. The van der Waals surface area contributed by atoms with E-state index in [0.29, 0.717) is 12.5 Å². The predicted octanol–water partition coefficient (Wildman–Crippen LogP) is 2.77. The summed E-state index contributed by atoms with van der Waals surface area (Å²) in [5, 5.41) is 4.06. The topological polar surface area (TPSA) is 51.4 Å². The summed E-state index contributed by atoms with van der Waals surface area (Å²) in [5.41, 5.74) is 0. The number of nitrogens with zero attached hydrogens (tertiary/aromatic N) is 3. The van der Waals surface area contributed by atoms with Gasteiger partial charge in [0.25, 0.3) is 0 Å². The summed E-state index contributed by atoms with van der Waals surface area (Å²) in [6.45, 7) is 3.02. The molecule has 0 atom stereocenters. The van der Waals surface area contributed by atoms with Gasteiger partial charge in [-0.1, -0.05) is 24.4 Å². The zero-order valence-electron chi connectivity index (χ0n) is 13.1. The summed E-state index contributed by atoms with van der Waals surface area (Å²) in [7, 11) is 1.70. The lowest BCUT2D eigenvalue weighted by atomic mass is 9.90. The molecule has 1 aromatic rings. The van der Waals surface area contributed by atoms with Gasteiger partial charge in [0, 0.05) is 25.5 Å². The Morgan fingerprint density at radius 1 is 1.14 bits per heavy atom. The highest BCUT2D eigenvalue weighted by Crippen LogP contribution is 2.31. The second-order valence-electron chi connectivity index (χ2n) is 6.39. The van der Waals surface area contributed by atoms with Crippen LogP contribution in [-0.4, -0.2) is 47.9 Å². The van der Waals surface area contributed by atoms with Gasteiger partial charge in [-0.05, 0) is 38.8 Å². The number of piperidine rings is 1. The Morgan fingerprint density at radius 2 is 1.90 bits per heavy atom. The highest BCUT2D eigenvalue weighted by atomic mass is 16.5. The van der Waals surface area contributed by atoms with E-state index in [9.17, 15) is 0 Å². The van der Waals surface area contributed by atoms with Crippen LogP contribution in [0.1, 0.15) is 62.6 Å². The van der Waals surface area contributed by atoms with Gasteiger partial charge in [-0.15, -0.1) is 0 Å². The maximum atomic E-state index is 5.45. The first-order valence-electron chi connectivity index (χ1n) is 8.42. The molecule has 2 fully saturated rings. The molecule has 1 saturated heterocycles. The Balaban J connectivity index is 1.49. The molecule has 0 radical (unpaired) electrons. The van der Waals surface area contributed by atoms with Crippen molar-refractivity contribution in [1.82, 2.24) is 15.0 Å². The van der Waals surface area contributed by atoms with Crippen molar-refractivity contribution < 1.29 is 9.26 Å². The maximum absolute atomic E-state index is 5.45. The predicted molar refractivity (Wildman–Crippen MR) is 80.3 cm³/mol. The molecule has 0 unspecified atom stereocenters. The summed E-state index contributed by atoms with van der Waals surface area (Å²) in [6.07, 6.45) is 10.1. The molecule has 0 bridgehead atoms. The largest absolute Gasteiger partial charge is 0.384 e. The Bertz CT molecular complexity index is 421. The molecule has 1 aliphatic heterocycles. The number of rotatable bonds is 5. The Kier molecular flexibility index (Phi) is 5.25. The highest BCUT2D eigenvalue weighted by Gasteiger charge is 2.29. The van der Waals surface area contributed by atoms with Crippen molar-refractivity contribution in [2.24, 2.45) is 0 Å². The van der Waals surface area contributed by atoms with E-state index in [1.807, 2.05) is 0 Å². The van der Waals surface area contributed by atoms with Crippen molar-refractivity contribution in [3.8, 4) is 0 Å². The molecule has 0 amide bonds. The molecule has 1 saturated carbocycles. The van der Waals surface area contributed by atoms with Crippen LogP contribution in [0.15, 0.2) is 4.52 Å². The normalized spacial score (nSPS) is 22.7. The quantitative estimate of drug-likeness (QED) is 0.835. The smallest absolute Gasteiger partial charge is 0.229 e. The van der Waals surface area contributed by atoms with E-state index in [2.05, 4.69) is 15.0 Å². The first-order chi connectivity index (χ1) is 10.4. The lowest BCUT2D eigenvalue weighted by molar-refractivity contribution is 0.115. The number of methoxy groups -OCH3 is 1. The third-order valence-corrected chi connectivity index (χ3v) is 4.98. The van der Waals surface area contributed by atoms with Gasteiger partial charge in [-0.25, -0.2) is 0 Å². The second-order valence-corrected chi connectivity index (χ2v) is 6.39. The molecule has 1 aromatic heterocycles. The van der Waals surface area contributed by atoms with Gasteiger partial charge >= 0.3 is 0 Å². The second kappa shape index (κ2) is 7.36. The van der Waals surface area contributed by atoms with Crippen molar-refractivity contribution in [3.05, 3.63) is 11.7 Å². The maximum Gasteiger partial charge on any atom is 0.229 e. The molecular weight excluding hydrogens is 266 g/mol. The third kappa shape index (κ3) is 3.83. The van der Waals surface area contributed by atoms with Crippen LogP contribution in [0.2, 0.25) is 0 Å². The lowest BCUT2D eigenvalue weighted by Gasteiger charge is -2.38. The molecule has 2 aliphatic rings. The van der Waals surface area contributed by atoms with E-state index >= 15 is 0 Å². The number of aromatic nitrogens is 2. The van der Waals surface area contributed by atoms with Crippen molar-refractivity contribution in [2.45, 2.75) is 63.3 Å². The minimum Gasteiger partial charge on any atom is -0.384 e. The van der Waals surface area contributed by atoms with Crippen molar-refractivity contribution >= 4 is 0 Å². The van der Waals surface area contributed by atoms with Gasteiger partial charge in [-0.2, -0.15) is 4.98 Å². The summed E-state index contributed by atoms with van der Waals surface area (Å²) in [6, 6.07) is 0.833.